The molecule has 1 atom stereocenters. The minimum absolute atomic E-state index is 0.207. The molecule has 6 heteroatoms. The minimum atomic E-state index is -3.42. The number of nitrogens with one attached hydrogen (secondary N) is 1. The summed E-state index contributed by atoms with van der Waals surface area (Å²) in [7, 11) is -0.453. The van der Waals surface area contributed by atoms with Crippen molar-refractivity contribution in [1.82, 2.24) is 9.62 Å². The molecule has 19 heavy (non-hydrogen) atoms. The molecule has 1 N–H and O–H groups in total. The Labute approximate surface area is 114 Å². The molecule has 1 amide bonds. The summed E-state index contributed by atoms with van der Waals surface area (Å²) in [6.07, 6.45) is 1.20. The second-order valence-corrected chi connectivity index (χ2v) is 6.44. The molecule has 1 rings (SSSR count). The molecule has 1 unspecified atom stereocenters. The summed E-state index contributed by atoms with van der Waals surface area (Å²) in [6, 6.07) is 6.22. The van der Waals surface area contributed by atoms with Crippen molar-refractivity contribution >= 4 is 15.9 Å². The molecule has 0 radical (unpaired) electrons. The maximum absolute atomic E-state index is 11.9. The van der Waals surface area contributed by atoms with E-state index in [4.69, 9.17) is 0 Å². The van der Waals surface area contributed by atoms with Crippen LogP contribution in [0.25, 0.3) is 0 Å². The minimum Gasteiger partial charge on any atom is -0.346 e. The van der Waals surface area contributed by atoms with Crippen LogP contribution < -0.4 is 5.32 Å². The zero-order chi connectivity index (χ0) is 14.6. The molecule has 0 aromatic heterocycles. The van der Waals surface area contributed by atoms with Crippen molar-refractivity contribution < 1.29 is 13.2 Å². The first-order valence-electron chi connectivity index (χ1n) is 5.74. The van der Waals surface area contributed by atoms with Gasteiger partial charge in [-0.2, -0.15) is 0 Å². The van der Waals surface area contributed by atoms with Crippen LogP contribution in [0.2, 0.25) is 0 Å². The van der Waals surface area contributed by atoms with Crippen molar-refractivity contribution in [2.45, 2.75) is 17.9 Å². The topological polar surface area (TPSA) is 66.5 Å². The summed E-state index contributed by atoms with van der Waals surface area (Å²) in [5, 5.41) is 2.71. The Bertz CT molecular complexity index is 562. The molecule has 0 spiro atoms. The summed E-state index contributed by atoms with van der Waals surface area (Å²) in [4.78, 5) is 11.4. The largest absolute Gasteiger partial charge is 0.346 e. The third kappa shape index (κ3) is 3.65. The number of nitrogens with zero attached hydrogens (tertiary/aromatic N) is 1. The molecule has 1 aromatic carbocycles. The van der Waals surface area contributed by atoms with Crippen molar-refractivity contribution in [2.75, 3.05) is 14.1 Å². The second-order valence-electron chi connectivity index (χ2n) is 4.29. The standard InChI is InChI=1S/C13H18N2O3S/c1-5-13(16)14-10(2)11-6-8-12(9-7-11)19(17,18)15(3)4/h5-10H,1H2,2-4H3,(H,14,16). The van der Waals surface area contributed by atoms with Gasteiger partial charge < -0.3 is 5.32 Å². The Morgan fingerprint density at radius 1 is 1.32 bits per heavy atom. The molecule has 0 aliphatic heterocycles. The summed E-state index contributed by atoms with van der Waals surface area (Å²) in [5.74, 6) is -0.266. The predicted octanol–water partition coefficient (Wildman–Crippen LogP) is 1.30. The quantitative estimate of drug-likeness (QED) is 0.828. The van der Waals surface area contributed by atoms with Crippen LogP contribution in [0, 0.1) is 0 Å². The summed E-state index contributed by atoms with van der Waals surface area (Å²) >= 11 is 0. The first kappa shape index (κ1) is 15.4. The van der Waals surface area contributed by atoms with Gasteiger partial charge >= 0.3 is 0 Å². The van der Waals surface area contributed by atoms with E-state index in [2.05, 4.69) is 11.9 Å². The maximum Gasteiger partial charge on any atom is 0.243 e. The zero-order valence-corrected chi connectivity index (χ0v) is 12.1. The molecular weight excluding hydrogens is 264 g/mol. The van der Waals surface area contributed by atoms with Gasteiger partial charge in [0, 0.05) is 14.1 Å². The smallest absolute Gasteiger partial charge is 0.243 e. The lowest BCUT2D eigenvalue weighted by Crippen LogP contribution is -2.25. The fraction of sp³-hybridized carbons (Fsp3) is 0.308. The van der Waals surface area contributed by atoms with E-state index in [1.54, 1.807) is 12.1 Å². The molecule has 0 aliphatic carbocycles. The van der Waals surface area contributed by atoms with Crippen LogP contribution in [-0.4, -0.2) is 32.7 Å². The lowest BCUT2D eigenvalue weighted by molar-refractivity contribution is -0.117. The lowest BCUT2D eigenvalue weighted by Gasteiger charge is -2.15. The average molecular weight is 282 g/mol. The second kappa shape index (κ2) is 5.99. The van der Waals surface area contributed by atoms with E-state index in [-0.39, 0.29) is 16.8 Å². The normalized spacial score (nSPS) is 13.1. The lowest BCUT2D eigenvalue weighted by atomic mass is 10.1. The third-order valence-electron chi connectivity index (χ3n) is 2.70. The van der Waals surface area contributed by atoms with Gasteiger partial charge in [0.1, 0.15) is 0 Å². The first-order chi connectivity index (χ1) is 8.78. The van der Waals surface area contributed by atoms with E-state index < -0.39 is 10.0 Å². The number of hydrogen-bond donors (Lipinski definition) is 1. The van der Waals surface area contributed by atoms with Crippen LogP contribution in [-0.2, 0) is 14.8 Å². The van der Waals surface area contributed by atoms with Gasteiger partial charge in [-0.25, -0.2) is 12.7 Å². The van der Waals surface area contributed by atoms with Crippen molar-refractivity contribution in [3.8, 4) is 0 Å². The van der Waals surface area contributed by atoms with E-state index >= 15 is 0 Å². The van der Waals surface area contributed by atoms with Crippen LogP contribution in [0.1, 0.15) is 18.5 Å². The van der Waals surface area contributed by atoms with Crippen LogP contribution >= 0.6 is 0 Å². The summed E-state index contributed by atoms with van der Waals surface area (Å²) in [6.45, 7) is 5.19. The van der Waals surface area contributed by atoms with E-state index in [1.165, 1.54) is 32.3 Å². The highest BCUT2D eigenvalue weighted by atomic mass is 32.2. The number of benzene rings is 1. The Morgan fingerprint density at radius 3 is 2.26 bits per heavy atom. The van der Waals surface area contributed by atoms with Gasteiger partial charge in [-0.15, -0.1) is 0 Å². The molecule has 0 aliphatic rings. The van der Waals surface area contributed by atoms with Crippen LogP contribution in [0.15, 0.2) is 41.8 Å². The number of hydrogen-bond acceptors (Lipinski definition) is 3. The zero-order valence-electron chi connectivity index (χ0n) is 11.3. The van der Waals surface area contributed by atoms with Crippen molar-refractivity contribution in [3.63, 3.8) is 0 Å². The van der Waals surface area contributed by atoms with Crippen molar-refractivity contribution in [2.24, 2.45) is 0 Å². The molecule has 0 saturated carbocycles. The Balaban J connectivity index is 2.94. The van der Waals surface area contributed by atoms with Crippen molar-refractivity contribution in [1.29, 1.82) is 0 Å². The average Bonchev–Trinajstić information content (AvgIpc) is 2.38. The highest BCUT2D eigenvalue weighted by molar-refractivity contribution is 7.89. The Morgan fingerprint density at radius 2 is 1.84 bits per heavy atom. The van der Waals surface area contributed by atoms with E-state index in [0.717, 1.165) is 9.87 Å². The van der Waals surface area contributed by atoms with Gasteiger partial charge in [-0.1, -0.05) is 18.7 Å². The summed E-state index contributed by atoms with van der Waals surface area (Å²) in [5.41, 5.74) is 0.827. The van der Waals surface area contributed by atoms with Gasteiger partial charge in [0.25, 0.3) is 0 Å². The van der Waals surface area contributed by atoms with Gasteiger partial charge in [0.15, 0.2) is 0 Å². The molecular formula is C13H18N2O3S. The monoisotopic (exact) mass is 282 g/mol. The molecule has 1 aromatic rings. The molecule has 0 bridgehead atoms. The Hall–Kier alpha value is -1.66. The Kier molecular flexibility index (Phi) is 4.85. The number of sulfonamides is 1. The van der Waals surface area contributed by atoms with E-state index in [9.17, 15) is 13.2 Å². The van der Waals surface area contributed by atoms with Crippen LogP contribution in [0.4, 0.5) is 0 Å². The molecule has 0 fully saturated rings. The maximum atomic E-state index is 11.9. The van der Waals surface area contributed by atoms with Crippen LogP contribution in [0.3, 0.4) is 0 Å². The number of carbonyl (C=O) groups is 1. The first-order valence-corrected chi connectivity index (χ1v) is 7.18. The summed E-state index contributed by atoms with van der Waals surface area (Å²) < 4.78 is 24.9. The SMILES string of the molecule is C=CC(=O)NC(C)c1ccc(S(=O)(=O)N(C)C)cc1. The fourth-order valence-electron chi connectivity index (χ4n) is 1.49. The van der Waals surface area contributed by atoms with E-state index in [1.807, 2.05) is 6.92 Å². The highest BCUT2D eigenvalue weighted by Gasteiger charge is 2.17. The van der Waals surface area contributed by atoms with Gasteiger partial charge in [-0.05, 0) is 30.7 Å². The van der Waals surface area contributed by atoms with Gasteiger partial charge in [0.05, 0.1) is 10.9 Å². The fourth-order valence-corrected chi connectivity index (χ4v) is 2.40. The van der Waals surface area contributed by atoms with Gasteiger partial charge in [-0.3, -0.25) is 4.79 Å². The number of carbonyl (C=O) groups excluding carboxylic acids is 1. The number of amides is 1. The van der Waals surface area contributed by atoms with E-state index in [0.29, 0.717) is 0 Å². The predicted molar refractivity (Wildman–Crippen MR) is 74.1 cm³/mol. The van der Waals surface area contributed by atoms with Crippen molar-refractivity contribution in [3.05, 3.63) is 42.5 Å². The molecule has 0 heterocycles. The van der Waals surface area contributed by atoms with Crippen LogP contribution in [0.5, 0.6) is 0 Å². The number of rotatable bonds is 5. The molecule has 5 nitrogen and oxygen atoms in total. The molecule has 0 saturated heterocycles. The molecule has 104 valence electrons. The van der Waals surface area contributed by atoms with Gasteiger partial charge in [0.2, 0.25) is 15.9 Å². The third-order valence-corrected chi connectivity index (χ3v) is 4.53. The highest BCUT2D eigenvalue weighted by Crippen LogP contribution is 2.18.